The van der Waals surface area contributed by atoms with E-state index < -0.39 is 5.38 Å². The molecule has 2 nitrogen and oxygen atoms in total. The van der Waals surface area contributed by atoms with Crippen LogP contribution in [0.25, 0.3) is 0 Å². The normalized spacial score (nSPS) is 37.4. The number of cyclic esters (lactones) is 1. The van der Waals surface area contributed by atoms with Crippen molar-refractivity contribution in [3.05, 3.63) is 0 Å². The summed E-state index contributed by atoms with van der Waals surface area (Å²) in [5, 5.41) is -0.424. The molecule has 1 heterocycles. The number of carbonyl (C=O) groups is 1. The number of hydrogen-bond acceptors (Lipinski definition) is 2. The zero-order valence-electron chi connectivity index (χ0n) is 6.89. The fraction of sp³-hybridized carbons (Fsp3) is 0.875. The highest BCUT2D eigenvalue weighted by Crippen LogP contribution is 2.33. The van der Waals surface area contributed by atoms with Gasteiger partial charge in [0, 0.05) is 6.42 Å². The number of alkyl halides is 1. The average Bonchev–Trinajstić information content (AvgIpc) is 2.08. The summed E-state index contributed by atoms with van der Waals surface area (Å²) in [6, 6.07) is 0. The molecule has 0 bridgehead atoms. The Morgan fingerprint density at radius 1 is 1.82 bits per heavy atom. The van der Waals surface area contributed by atoms with Gasteiger partial charge in [-0.15, -0.1) is 11.6 Å². The molecule has 2 unspecified atom stereocenters. The first kappa shape index (κ1) is 8.85. The molecule has 1 aliphatic heterocycles. The summed E-state index contributed by atoms with van der Waals surface area (Å²) in [5.74, 6) is -0.261. The van der Waals surface area contributed by atoms with Crippen LogP contribution in [0.4, 0.5) is 0 Å². The average molecular weight is 177 g/mol. The van der Waals surface area contributed by atoms with Gasteiger partial charge < -0.3 is 4.74 Å². The molecule has 64 valence electrons. The van der Waals surface area contributed by atoms with Gasteiger partial charge in [0.15, 0.2) is 0 Å². The Morgan fingerprint density at radius 3 is 2.82 bits per heavy atom. The lowest BCUT2D eigenvalue weighted by Crippen LogP contribution is -2.23. The molecule has 0 spiro atoms. The van der Waals surface area contributed by atoms with Gasteiger partial charge in [-0.25, -0.2) is 0 Å². The Bertz CT molecular complexity index is 169. The van der Waals surface area contributed by atoms with E-state index in [1.54, 1.807) is 0 Å². The van der Waals surface area contributed by atoms with E-state index in [0.29, 0.717) is 6.42 Å². The van der Waals surface area contributed by atoms with Gasteiger partial charge in [-0.3, -0.25) is 4.79 Å². The van der Waals surface area contributed by atoms with Gasteiger partial charge in [-0.2, -0.15) is 0 Å². The largest absolute Gasteiger partial charge is 0.458 e. The maximum atomic E-state index is 10.9. The minimum Gasteiger partial charge on any atom is -0.458 e. The van der Waals surface area contributed by atoms with Crippen LogP contribution in [-0.2, 0) is 9.53 Å². The van der Waals surface area contributed by atoms with Crippen LogP contribution in [0.2, 0.25) is 0 Å². The predicted octanol–water partition coefficient (Wildman–Crippen LogP) is 2.10. The molecular formula is C8H13ClO2. The molecule has 2 atom stereocenters. The standard InChI is InChI=1S/C8H13ClO2/c1-3-4-8(2)5-6(9)7(10)11-8/h6H,3-5H2,1-2H3. The molecule has 0 aromatic heterocycles. The molecule has 0 N–H and O–H groups in total. The summed E-state index contributed by atoms with van der Waals surface area (Å²) in [6.07, 6.45) is 2.58. The molecule has 0 aliphatic carbocycles. The van der Waals surface area contributed by atoms with E-state index >= 15 is 0 Å². The van der Waals surface area contributed by atoms with Gasteiger partial charge in [-0.05, 0) is 13.3 Å². The molecular weight excluding hydrogens is 164 g/mol. The lowest BCUT2D eigenvalue weighted by atomic mass is 9.97. The number of halogens is 1. The molecule has 0 saturated carbocycles. The van der Waals surface area contributed by atoms with Crippen LogP contribution < -0.4 is 0 Å². The third-order valence-corrected chi connectivity index (χ3v) is 2.33. The number of carbonyl (C=O) groups excluding carboxylic acids is 1. The first-order valence-corrected chi connectivity index (χ1v) is 4.38. The molecule has 1 fully saturated rings. The molecule has 0 aromatic rings. The van der Waals surface area contributed by atoms with Crippen LogP contribution in [0, 0.1) is 0 Å². The highest BCUT2D eigenvalue weighted by Gasteiger charge is 2.41. The molecule has 3 heteroatoms. The molecule has 1 saturated heterocycles. The van der Waals surface area contributed by atoms with Crippen molar-refractivity contribution >= 4 is 17.6 Å². The molecule has 1 aliphatic rings. The van der Waals surface area contributed by atoms with Crippen LogP contribution in [0.15, 0.2) is 0 Å². The van der Waals surface area contributed by atoms with Gasteiger partial charge >= 0.3 is 5.97 Å². The van der Waals surface area contributed by atoms with E-state index in [1.807, 2.05) is 6.92 Å². The first-order valence-electron chi connectivity index (χ1n) is 3.94. The Morgan fingerprint density at radius 2 is 2.45 bits per heavy atom. The van der Waals surface area contributed by atoms with Crippen molar-refractivity contribution in [2.75, 3.05) is 0 Å². The van der Waals surface area contributed by atoms with Crippen LogP contribution in [0.3, 0.4) is 0 Å². The van der Waals surface area contributed by atoms with Gasteiger partial charge in [0.05, 0.1) is 0 Å². The summed E-state index contributed by atoms with van der Waals surface area (Å²) in [6.45, 7) is 4.01. The van der Waals surface area contributed by atoms with E-state index in [2.05, 4.69) is 6.92 Å². The summed E-state index contributed by atoms with van der Waals surface area (Å²) in [5.41, 5.74) is -0.293. The van der Waals surface area contributed by atoms with E-state index in [0.717, 1.165) is 12.8 Å². The Labute approximate surface area is 71.9 Å². The van der Waals surface area contributed by atoms with Crippen LogP contribution in [-0.4, -0.2) is 16.9 Å². The zero-order chi connectivity index (χ0) is 8.48. The van der Waals surface area contributed by atoms with Crippen molar-refractivity contribution in [1.82, 2.24) is 0 Å². The Balaban J connectivity index is 2.56. The topological polar surface area (TPSA) is 26.3 Å². The van der Waals surface area contributed by atoms with Crippen molar-refractivity contribution in [3.8, 4) is 0 Å². The van der Waals surface area contributed by atoms with Crippen molar-refractivity contribution in [2.45, 2.75) is 44.1 Å². The van der Waals surface area contributed by atoms with Crippen molar-refractivity contribution in [1.29, 1.82) is 0 Å². The predicted molar refractivity (Wildman–Crippen MR) is 43.7 cm³/mol. The van der Waals surface area contributed by atoms with E-state index in [9.17, 15) is 4.79 Å². The second-order valence-corrected chi connectivity index (χ2v) is 3.82. The maximum absolute atomic E-state index is 10.9. The van der Waals surface area contributed by atoms with E-state index in [1.165, 1.54) is 0 Å². The van der Waals surface area contributed by atoms with E-state index in [4.69, 9.17) is 16.3 Å². The van der Waals surface area contributed by atoms with Gasteiger partial charge in [-0.1, -0.05) is 13.3 Å². The summed E-state index contributed by atoms with van der Waals surface area (Å²) in [4.78, 5) is 10.9. The number of esters is 1. The zero-order valence-corrected chi connectivity index (χ0v) is 7.65. The first-order chi connectivity index (χ1) is 5.07. The molecule has 11 heavy (non-hydrogen) atoms. The minimum absolute atomic E-state index is 0.261. The fourth-order valence-electron chi connectivity index (χ4n) is 1.49. The highest BCUT2D eigenvalue weighted by atomic mass is 35.5. The quantitative estimate of drug-likeness (QED) is 0.476. The second-order valence-electron chi connectivity index (χ2n) is 3.29. The SMILES string of the molecule is CCCC1(C)CC(Cl)C(=O)O1. The minimum atomic E-state index is -0.424. The molecule has 0 aromatic carbocycles. The fourth-order valence-corrected chi connectivity index (χ4v) is 1.86. The smallest absolute Gasteiger partial charge is 0.324 e. The second kappa shape index (κ2) is 3.02. The van der Waals surface area contributed by atoms with Crippen molar-refractivity contribution in [2.24, 2.45) is 0 Å². The van der Waals surface area contributed by atoms with Crippen LogP contribution >= 0.6 is 11.6 Å². The number of ether oxygens (including phenoxy) is 1. The lowest BCUT2D eigenvalue weighted by Gasteiger charge is -2.20. The van der Waals surface area contributed by atoms with Gasteiger partial charge in [0.1, 0.15) is 11.0 Å². The molecule has 0 amide bonds. The Hall–Kier alpha value is -0.240. The Kier molecular flexibility index (Phi) is 2.43. The number of hydrogen-bond donors (Lipinski definition) is 0. The lowest BCUT2D eigenvalue weighted by molar-refractivity contribution is -0.147. The van der Waals surface area contributed by atoms with Crippen LogP contribution in [0.5, 0.6) is 0 Å². The van der Waals surface area contributed by atoms with Gasteiger partial charge in [0.2, 0.25) is 0 Å². The summed E-state index contributed by atoms with van der Waals surface area (Å²) in [7, 11) is 0. The van der Waals surface area contributed by atoms with Gasteiger partial charge in [0.25, 0.3) is 0 Å². The highest BCUT2D eigenvalue weighted by molar-refractivity contribution is 6.30. The maximum Gasteiger partial charge on any atom is 0.324 e. The van der Waals surface area contributed by atoms with Crippen molar-refractivity contribution < 1.29 is 9.53 Å². The molecule has 1 rings (SSSR count). The van der Waals surface area contributed by atoms with E-state index in [-0.39, 0.29) is 11.6 Å². The third kappa shape index (κ3) is 1.86. The molecule has 0 radical (unpaired) electrons. The van der Waals surface area contributed by atoms with Crippen LogP contribution in [0.1, 0.15) is 33.1 Å². The number of rotatable bonds is 2. The third-order valence-electron chi connectivity index (χ3n) is 1.99. The summed E-state index contributed by atoms with van der Waals surface area (Å²) >= 11 is 5.71. The summed E-state index contributed by atoms with van der Waals surface area (Å²) < 4.78 is 5.13. The van der Waals surface area contributed by atoms with Crippen molar-refractivity contribution in [3.63, 3.8) is 0 Å². The monoisotopic (exact) mass is 176 g/mol.